The number of anilines is 1. The number of halogens is 1. The summed E-state index contributed by atoms with van der Waals surface area (Å²) in [6.07, 6.45) is 0.193. The van der Waals surface area contributed by atoms with Gasteiger partial charge in [0, 0.05) is 23.6 Å². The predicted molar refractivity (Wildman–Crippen MR) is 91.5 cm³/mol. The summed E-state index contributed by atoms with van der Waals surface area (Å²) >= 11 is 6.08. The highest BCUT2D eigenvalue weighted by molar-refractivity contribution is 7.92. The van der Waals surface area contributed by atoms with E-state index >= 15 is 0 Å². The quantitative estimate of drug-likeness (QED) is 0.851. The molecule has 0 bridgehead atoms. The Hall–Kier alpha value is -1.85. The Kier molecular flexibility index (Phi) is 4.17. The Balaban J connectivity index is 2.00. The molecule has 0 aromatic heterocycles. The highest BCUT2D eigenvalue weighted by atomic mass is 35.5. The van der Waals surface area contributed by atoms with Crippen molar-refractivity contribution in [3.63, 3.8) is 0 Å². The second kappa shape index (κ2) is 5.98. The SMILES string of the molecule is Cc1ccc2c(c1)C(=O)CCN2S(=O)(=O)Cc1ccccc1Cl. The third-order valence-corrected chi connectivity index (χ3v) is 5.99. The van der Waals surface area contributed by atoms with Crippen molar-refractivity contribution in [2.45, 2.75) is 19.1 Å². The first-order chi connectivity index (χ1) is 10.9. The number of Topliss-reactive ketones (excluding diaryl/α,β-unsaturated/α-hetero) is 1. The molecule has 23 heavy (non-hydrogen) atoms. The summed E-state index contributed by atoms with van der Waals surface area (Å²) in [5.74, 6) is -0.207. The number of aryl methyl sites for hydroxylation is 1. The fourth-order valence-electron chi connectivity index (χ4n) is 2.73. The Morgan fingerprint density at radius 2 is 1.91 bits per heavy atom. The molecule has 0 fully saturated rings. The molecule has 0 spiro atoms. The number of hydrogen-bond acceptors (Lipinski definition) is 3. The number of hydrogen-bond donors (Lipinski definition) is 0. The zero-order valence-corrected chi connectivity index (χ0v) is 14.2. The van der Waals surface area contributed by atoms with E-state index in [2.05, 4.69) is 0 Å². The molecule has 4 nitrogen and oxygen atoms in total. The van der Waals surface area contributed by atoms with Crippen LogP contribution in [-0.2, 0) is 15.8 Å². The molecule has 0 amide bonds. The molecule has 0 radical (unpaired) electrons. The van der Waals surface area contributed by atoms with E-state index in [4.69, 9.17) is 11.6 Å². The van der Waals surface area contributed by atoms with E-state index < -0.39 is 10.0 Å². The van der Waals surface area contributed by atoms with Gasteiger partial charge in [0.25, 0.3) is 0 Å². The van der Waals surface area contributed by atoms with Gasteiger partial charge in [-0.25, -0.2) is 8.42 Å². The van der Waals surface area contributed by atoms with Crippen molar-refractivity contribution in [1.29, 1.82) is 0 Å². The van der Waals surface area contributed by atoms with E-state index in [9.17, 15) is 13.2 Å². The van der Waals surface area contributed by atoms with Crippen molar-refractivity contribution in [1.82, 2.24) is 0 Å². The highest BCUT2D eigenvalue weighted by Crippen LogP contribution is 2.32. The van der Waals surface area contributed by atoms with E-state index in [-0.39, 0.29) is 24.5 Å². The minimum absolute atomic E-state index is 0.0205. The number of ketones is 1. The summed E-state index contributed by atoms with van der Waals surface area (Å²) < 4.78 is 27.0. The molecule has 1 aliphatic rings. The first-order valence-electron chi connectivity index (χ1n) is 7.26. The number of rotatable bonds is 3. The van der Waals surface area contributed by atoms with Gasteiger partial charge in [-0.1, -0.05) is 41.4 Å². The van der Waals surface area contributed by atoms with Gasteiger partial charge in [-0.15, -0.1) is 0 Å². The van der Waals surface area contributed by atoms with Gasteiger partial charge in [0.1, 0.15) is 0 Å². The molecule has 3 rings (SSSR count). The number of carbonyl (C=O) groups excluding carboxylic acids is 1. The second-order valence-corrected chi connectivity index (χ2v) is 7.91. The molecule has 0 aliphatic carbocycles. The fourth-order valence-corrected chi connectivity index (χ4v) is 4.64. The van der Waals surface area contributed by atoms with Crippen LogP contribution >= 0.6 is 11.6 Å². The van der Waals surface area contributed by atoms with Gasteiger partial charge >= 0.3 is 0 Å². The highest BCUT2D eigenvalue weighted by Gasteiger charge is 2.31. The van der Waals surface area contributed by atoms with Gasteiger partial charge < -0.3 is 0 Å². The average molecular weight is 350 g/mol. The van der Waals surface area contributed by atoms with Crippen LogP contribution in [0, 0.1) is 6.92 Å². The summed E-state index contributed by atoms with van der Waals surface area (Å²) in [7, 11) is -3.61. The third-order valence-electron chi connectivity index (χ3n) is 3.89. The van der Waals surface area contributed by atoms with Crippen molar-refractivity contribution >= 4 is 33.1 Å². The molecule has 0 saturated carbocycles. The van der Waals surface area contributed by atoms with Crippen molar-refractivity contribution in [3.05, 3.63) is 64.2 Å². The molecular formula is C17H16ClNO3S. The summed E-state index contributed by atoms with van der Waals surface area (Å²) in [6.45, 7) is 2.05. The van der Waals surface area contributed by atoms with Crippen LogP contribution in [0.25, 0.3) is 0 Å². The van der Waals surface area contributed by atoms with Gasteiger partial charge in [-0.05, 0) is 30.7 Å². The van der Waals surface area contributed by atoms with E-state index in [0.29, 0.717) is 21.8 Å². The van der Waals surface area contributed by atoms with E-state index in [1.807, 2.05) is 13.0 Å². The van der Waals surface area contributed by atoms with Crippen LogP contribution in [0.4, 0.5) is 5.69 Å². The van der Waals surface area contributed by atoms with Gasteiger partial charge in [-0.2, -0.15) is 0 Å². The molecule has 1 heterocycles. The Labute approximate surface area is 140 Å². The number of fused-ring (bicyclic) bond motifs is 1. The zero-order chi connectivity index (χ0) is 16.6. The van der Waals surface area contributed by atoms with Gasteiger partial charge in [0.2, 0.25) is 10.0 Å². The summed E-state index contributed by atoms with van der Waals surface area (Å²) in [4.78, 5) is 12.1. The van der Waals surface area contributed by atoms with E-state index in [0.717, 1.165) is 5.56 Å². The molecule has 1 aliphatic heterocycles. The van der Waals surface area contributed by atoms with Crippen molar-refractivity contribution in [3.8, 4) is 0 Å². The average Bonchev–Trinajstić information content (AvgIpc) is 2.50. The maximum Gasteiger partial charge on any atom is 0.239 e. The first-order valence-corrected chi connectivity index (χ1v) is 9.25. The molecule has 0 saturated heterocycles. The van der Waals surface area contributed by atoms with Crippen molar-refractivity contribution in [2.24, 2.45) is 0 Å². The van der Waals surface area contributed by atoms with E-state index in [1.54, 1.807) is 36.4 Å². The van der Waals surface area contributed by atoms with Gasteiger partial charge in [0.05, 0.1) is 11.4 Å². The predicted octanol–water partition coefficient (Wildman–Crippen LogP) is 3.57. The maximum absolute atomic E-state index is 12.8. The van der Waals surface area contributed by atoms with Crippen LogP contribution in [0.5, 0.6) is 0 Å². The number of nitrogens with zero attached hydrogens (tertiary/aromatic N) is 1. The normalized spacial score (nSPS) is 14.7. The lowest BCUT2D eigenvalue weighted by molar-refractivity contribution is 0.0982. The lowest BCUT2D eigenvalue weighted by Gasteiger charge is -2.30. The number of sulfonamides is 1. The standard InChI is InChI=1S/C17H16ClNO3S/c1-12-6-7-16-14(10-12)17(20)8-9-19(16)23(21,22)11-13-4-2-3-5-15(13)18/h2-7,10H,8-9,11H2,1H3. The van der Waals surface area contributed by atoms with E-state index in [1.165, 1.54) is 4.31 Å². The van der Waals surface area contributed by atoms with Crippen LogP contribution in [0.3, 0.4) is 0 Å². The number of carbonyl (C=O) groups is 1. The Morgan fingerprint density at radius 1 is 1.17 bits per heavy atom. The molecule has 2 aromatic carbocycles. The monoisotopic (exact) mass is 349 g/mol. The first kappa shape index (κ1) is 16.0. The van der Waals surface area contributed by atoms with Crippen LogP contribution in [0.1, 0.15) is 27.9 Å². The van der Waals surface area contributed by atoms with Gasteiger partial charge in [0.15, 0.2) is 5.78 Å². The summed E-state index contributed by atoms with van der Waals surface area (Å²) in [6, 6.07) is 12.1. The molecule has 0 atom stereocenters. The van der Waals surface area contributed by atoms with Crippen LogP contribution < -0.4 is 4.31 Å². The second-order valence-electron chi connectivity index (χ2n) is 5.61. The Bertz CT molecular complexity index is 877. The molecular weight excluding hydrogens is 334 g/mol. The molecule has 120 valence electrons. The van der Waals surface area contributed by atoms with Gasteiger partial charge in [-0.3, -0.25) is 9.10 Å². The topological polar surface area (TPSA) is 54.5 Å². The molecule has 2 aromatic rings. The molecule has 0 N–H and O–H groups in total. The fraction of sp³-hybridized carbons (Fsp3) is 0.235. The molecule has 0 unspecified atom stereocenters. The van der Waals surface area contributed by atoms with Crippen LogP contribution in [-0.4, -0.2) is 20.7 Å². The van der Waals surface area contributed by atoms with Crippen LogP contribution in [0.15, 0.2) is 42.5 Å². The molecule has 6 heteroatoms. The number of benzene rings is 2. The maximum atomic E-state index is 12.8. The summed E-state index contributed by atoms with van der Waals surface area (Å²) in [5, 5.41) is 0.424. The smallest absolute Gasteiger partial charge is 0.239 e. The minimum atomic E-state index is -3.61. The Morgan fingerprint density at radius 3 is 2.65 bits per heavy atom. The zero-order valence-electron chi connectivity index (χ0n) is 12.6. The van der Waals surface area contributed by atoms with Crippen molar-refractivity contribution in [2.75, 3.05) is 10.8 Å². The summed E-state index contributed by atoms with van der Waals surface area (Å²) in [5.41, 5.74) is 2.42. The van der Waals surface area contributed by atoms with Crippen molar-refractivity contribution < 1.29 is 13.2 Å². The largest absolute Gasteiger partial charge is 0.294 e. The lowest BCUT2D eigenvalue weighted by Crippen LogP contribution is -2.38. The lowest BCUT2D eigenvalue weighted by atomic mass is 10.0. The minimum Gasteiger partial charge on any atom is -0.294 e. The van der Waals surface area contributed by atoms with Crippen LogP contribution in [0.2, 0.25) is 5.02 Å². The third kappa shape index (κ3) is 3.12.